The summed E-state index contributed by atoms with van der Waals surface area (Å²) in [6, 6.07) is 0. The first-order chi connectivity index (χ1) is 4.75. The van der Waals surface area contributed by atoms with Crippen molar-refractivity contribution in [2.24, 2.45) is 0 Å². The molecule has 0 aliphatic heterocycles. The van der Waals surface area contributed by atoms with Crippen LogP contribution in [0.1, 0.15) is 5.56 Å². The average Bonchev–Trinajstić information content (AvgIpc) is 1.95. The van der Waals surface area contributed by atoms with Gasteiger partial charge < -0.3 is 10.5 Å². The molecule has 0 unspecified atom stereocenters. The third-order valence-electron chi connectivity index (χ3n) is 1.27. The molecule has 10 heavy (non-hydrogen) atoms. The van der Waals surface area contributed by atoms with E-state index in [9.17, 15) is 0 Å². The van der Waals surface area contributed by atoms with E-state index in [1.807, 2.05) is 6.92 Å². The third kappa shape index (κ3) is 1.00. The Hall–Kier alpha value is -1.32. The van der Waals surface area contributed by atoms with E-state index in [1.54, 1.807) is 7.11 Å². The van der Waals surface area contributed by atoms with Crippen LogP contribution in [-0.2, 0) is 0 Å². The molecule has 0 radical (unpaired) electrons. The van der Waals surface area contributed by atoms with Crippen LogP contribution in [-0.4, -0.2) is 17.1 Å². The van der Waals surface area contributed by atoms with E-state index in [0.717, 1.165) is 5.56 Å². The number of methoxy groups -OCH3 is 1. The van der Waals surface area contributed by atoms with Gasteiger partial charge in [0.1, 0.15) is 12.1 Å². The minimum absolute atomic E-state index is 0.465. The highest BCUT2D eigenvalue weighted by Crippen LogP contribution is 2.15. The second-order valence-corrected chi connectivity index (χ2v) is 1.89. The van der Waals surface area contributed by atoms with E-state index in [0.29, 0.717) is 11.7 Å². The molecule has 0 amide bonds. The van der Waals surface area contributed by atoms with Gasteiger partial charge in [0.2, 0.25) is 5.88 Å². The number of hydrogen-bond acceptors (Lipinski definition) is 4. The lowest BCUT2D eigenvalue weighted by atomic mass is 10.3. The summed E-state index contributed by atoms with van der Waals surface area (Å²) >= 11 is 0. The lowest BCUT2D eigenvalue weighted by molar-refractivity contribution is 0.394. The summed E-state index contributed by atoms with van der Waals surface area (Å²) in [6.07, 6.45) is 1.38. The Bertz CT molecular complexity index is 236. The molecule has 4 heteroatoms. The molecule has 0 aromatic carbocycles. The van der Waals surface area contributed by atoms with E-state index < -0.39 is 0 Å². The van der Waals surface area contributed by atoms with Crippen LogP contribution in [0, 0.1) is 6.92 Å². The zero-order chi connectivity index (χ0) is 7.56. The average molecular weight is 139 g/mol. The Balaban J connectivity index is 3.14. The molecule has 1 rings (SSSR count). The number of ether oxygens (including phenoxy) is 1. The minimum atomic E-state index is 0.465. The van der Waals surface area contributed by atoms with Crippen molar-refractivity contribution in [3.8, 4) is 5.88 Å². The van der Waals surface area contributed by atoms with Crippen molar-refractivity contribution in [2.45, 2.75) is 6.92 Å². The van der Waals surface area contributed by atoms with E-state index in [2.05, 4.69) is 9.97 Å². The monoisotopic (exact) mass is 139 g/mol. The van der Waals surface area contributed by atoms with Gasteiger partial charge in [-0.3, -0.25) is 0 Å². The summed E-state index contributed by atoms with van der Waals surface area (Å²) in [5.74, 6) is 0.999. The first-order valence-electron chi connectivity index (χ1n) is 2.86. The molecule has 1 heterocycles. The van der Waals surface area contributed by atoms with E-state index in [4.69, 9.17) is 10.5 Å². The van der Waals surface area contributed by atoms with E-state index in [1.165, 1.54) is 6.33 Å². The summed E-state index contributed by atoms with van der Waals surface area (Å²) < 4.78 is 4.89. The Morgan fingerprint density at radius 2 is 2.20 bits per heavy atom. The van der Waals surface area contributed by atoms with Crippen molar-refractivity contribution in [1.82, 2.24) is 9.97 Å². The summed E-state index contributed by atoms with van der Waals surface area (Å²) in [5.41, 5.74) is 6.25. The van der Waals surface area contributed by atoms with Crippen LogP contribution in [0.3, 0.4) is 0 Å². The molecule has 0 atom stereocenters. The predicted molar refractivity (Wildman–Crippen MR) is 37.7 cm³/mol. The van der Waals surface area contributed by atoms with Gasteiger partial charge in [-0.05, 0) is 6.92 Å². The van der Waals surface area contributed by atoms with Gasteiger partial charge in [-0.2, -0.15) is 0 Å². The smallest absolute Gasteiger partial charge is 0.221 e. The van der Waals surface area contributed by atoms with Crippen LogP contribution < -0.4 is 10.5 Å². The topological polar surface area (TPSA) is 61.0 Å². The van der Waals surface area contributed by atoms with Crippen molar-refractivity contribution in [3.63, 3.8) is 0 Å². The van der Waals surface area contributed by atoms with Crippen molar-refractivity contribution >= 4 is 5.82 Å². The number of nitrogens with two attached hydrogens (primary N) is 1. The normalized spacial score (nSPS) is 9.40. The molecule has 0 fully saturated rings. The number of aromatic nitrogens is 2. The number of hydrogen-bond donors (Lipinski definition) is 1. The first-order valence-corrected chi connectivity index (χ1v) is 2.86. The molecule has 0 aliphatic carbocycles. The second kappa shape index (κ2) is 2.51. The van der Waals surface area contributed by atoms with Crippen molar-refractivity contribution in [1.29, 1.82) is 0 Å². The van der Waals surface area contributed by atoms with Crippen molar-refractivity contribution < 1.29 is 4.74 Å². The lowest BCUT2D eigenvalue weighted by Gasteiger charge is -2.02. The van der Waals surface area contributed by atoms with Crippen LogP contribution in [0.4, 0.5) is 5.82 Å². The SMILES string of the molecule is COc1ncnc(N)c1C. The van der Waals surface area contributed by atoms with Gasteiger partial charge >= 0.3 is 0 Å². The maximum Gasteiger partial charge on any atom is 0.221 e. The second-order valence-electron chi connectivity index (χ2n) is 1.89. The quantitative estimate of drug-likeness (QED) is 0.610. The molecule has 0 bridgehead atoms. The fourth-order valence-electron chi connectivity index (χ4n) is 0.653. The Kier molecular flexibility index (Phi) is 1.71. The Labute approximate surface area is 59.1 Å². The zero-order valence-electron chi connectivity index (χ0n) is 5.96. The van der Waals surface area contributed by atoms with Crippen LogP contribution in [0.15, 0.2) is 6.33 Å². The van der Waals surface area contributed by atoms with Gasteiger partial charge in [0.25, 0.3) is 0 Å². The number of rotatable bonds is 1. The fraction of sp³-hybridized carbons (Fsp3) is 0.333. The Morgan fingerprint density at radius 1 is 1.50 bits per heavy atom. The standard InChI is InChI=1S/C6H9N3O/c1-4-5(7)8-3-9-6(4)10-2/h3H,1-2H3,(H2,7,8,9). The number of anilines is 1. The van der Waals surface area contributed by atoms with Crippen LogP contribution in [0.5, 0.6) is 5.88 Å². The van der Waals surface area contributed by atoms with Crippen LogP contribution in [0.2, 0.25) is 0 Å². The zero-order valence-corrected chi connectivity index (χ0v) is 5.96. The summed E-state index contributed by atoms with van der Waals surface area (Å²) in [4.78, 5) is 7.62. The number of nitrogen functional groups attached to an aromatic ring is 1. The number of nitrogens with zero attached hydrogens (tertiary/aromatic N) is 2. The minimum Gasteiger partial charge on any atom is -0.481 e. The van der Waals surface area contributed by atoms with Gasteiger partial charge in [-0.25, -0.2) is 9.97 Å². The van der Waals surface area contributed by atoms with Gasteiger partial charge in [0.05, 0.1) is 12.7 Å². The van der Waals surface area contributed by atoms with Gasteiger partial charge in [-0.15, -0.1) is 0 Å². The largest absolute Gasteiger partial charge is 0.481 e. The molecule has 4 nitrogen and oxygen atoms in total. The maximum absolute atomic E-state index is 5.47. The van der Waals surface area contributed by atoms with Gasteiger partial charge in [0, 0.05) is 0 Å². The Morgan fingerprint density at radius 3 is 2.70 bits per heavy atom. The maximum atomic E-state index is 5.47. The van der Waals surface area contributed by atoms with Crippen molar-refractivity contribution in [2.75, 3.05) is 12.8 Å². The fourth-order valence-corrected chi connectivity index (χ4v) is 0.653. The molecule has 0 aliphatic rings. The summed E-state index contributed by atoms with van der Waals surface area (Å²) in [5, 5.41) is 0. The lowest BCUT2D eigenvalue weighted by Crippen LogP contribution is -1.98. The molecule has 2 N–H and O–H groups in total. The van der Waals surface area contributed by atoms with Crippen LogP contribution >= 0.6 is 0 Å². The first kappa shape index (κ1) is 6.80. The van der Waals surface area contributed by atoms with Crippen molar-refractivity contribution in [3.05, 3.63) is 11.9 Å². The molecule has 1 aromatic heterocycles. The van der Waals surface area contributed by atoms with Gasteiger partial charge in [-0.1, -0.05) is 0 Å². The van der Waals surface area contributed by atoms with E-state index in [-0.39, 0.29) is 0 Å². The highest BCUT2D eigenvalue weighted by Gasteiger charge is 2.01. The molecule has 0 spiro atoms. The van der Waals surface area contributed by atoms with E-state index >= 15 is 0 Å². The molecule has 54 valence electrons. The molecular weight excluding hydrogens is 130 g/mol. The molecule has 0 saturated carbocycles. The molecule has 1 aromatic rings. The predicted octanol–water partition coefficient (Wildman–Crippen LogP) is 0.376. The molecular formula is C6H9N3O. The van der Waals surface area contributed by atoms with Gasteiger partial charge in [0.15, 0.2) is 0 Å². The highest BCUT2D eigenvalue weighted by atomic mass is 16.5. The molecule has 0 saturated heterocycles. The van der Waals surface area contributed by atoms with Crippen LogP contribution in [0.25, 0.3) is 0 Å². The summed E-state index contributed by atoms with van der Waals surface area (Å²) in [7, 11) is 1.55. The highest BCUT2D eigenvalue weighted by molar-refractivity contribution is 5.42. The summed E-state index contributed by atoms with van der Waals surface area (Å²) in [6.45, 7) is 1.81. The third-order valence-corrected chi connectivity index (χ3v) is 1.27.